The first-order valence-electron chi connectivity index (χ1n) is 11.3. The number of halogens is 1. The van der Waals surface area contributed by atoms with E-state index in [-0.39, 0.29) is 24.3 Å². The summed E-state index contributed by atoms with van der Waals surface area (Å²) >= 11 is 5.88. The molecule has 0 heterocycles. The molecule has 3 aromatic rings. The van der Waals surface area contributed by atoms with Gasteiger partial charge < -0.3 is 26.0 Å². The Hall–Kier alpha value is -2.90. The second kappa shape index (κ2) is 12.5. The summed E-state index contributed by atoms with van der Waals surface area (Å²) in [5, 5.41) is 36.3. The van der Waals surface area contributed by atoms with Gasteiger partial charge in [-0.2, -0.15) is 0 Å². The van der Waals surface area contributed by atoms with Gasteiger partial charge in [-0.25, -0.2) is 0 Å². The van der Waals surface area contributed by atoms with Gasteiger partial charge in [-0.05, 0) is 59.9 Å². The highest BCUT2D eigenvalue weighted by atomic mass is 35.5. The average Bonchev–Trinajstić information content (AvgIpc) is 2.83. The quantitative estimate of drug-likeness (QED) is 0.287. The van der Waals surface area contributed by atoms with Crippen LogP contribution in [0.15, 0.2) is 66.7 Å². The molecule has 180 valence electrons. The summed E-state index contributed by atoms with van der Waals surface area (Å²) in [6, 6.07) is 20.2. The zero-order valence-electron chi connectivity index (χ0n) is 19.2. The largest absolute Gasteiger partial charge is 0.508 e. The van der Waals surface area contributed by atoms with Crippen LogP contribution in [0.2, 0.25) is 5.02 Å². The summed E-state index contributed by atoms with van der Waals surface area (Å²) in [5.74, 6) is -0.0208. The molecule has 0 saturated heterocycles. The predicted octanol–water partition coefficient (Wildman–Crippen LogP) is 3.65. The number of amides is 1. The lowest BCUT2D eigenvalue weighted by Crippen LogP contribution is -2.32. The van der Waals surface area contributed by atoms with Crippen LogP contribution in [0.5, 0.6) is 5.75 Å². The lowest BCUT2D eigenvalue weighted by Gasteiger charge is -2.18. The van der Waals surface area contributed by atoms with Crippen LogP contribution < -0.4 is 10.6 Å². The molecular formula is C27H31ClN2O4. The molecule has 7 heteroatoms. The summed E-state index contributed by atoms with van der Waals surface area (Å²) in [4.78, 5) is 12.2. The number of aliphatic hydroxyl groups excluding tert-OH is 2. The molecule has 0 radical (unpaired) electrons. The normalized spacial score (nSPS) is 12.8. The van der Waals surface area contributed by atoms with Crippen LogP contribution in [0.1, 0.15) is 40.8 Å². The van der Waals surface area contributed by atoms with Gasteiger partial charge in [-0.1, -0.05) is 54.1 Å². The molecule has 3 aromatic carbocycles. The Kier molecular flexibility index (Phi) is 9.48. The van der Waals surface area contributed by atoms with Crippen molar-refractivity contribution >= 4 is 17.5 Å². The third-order valence-corrected chi connectivity index (χ3v) is 5.90. The van der Waals surface area contributed by atoms with E-state index in [1.165, 1.54) is 6.07 Å². The molecule has 34 heavy (non-hydrogen) atoms. The van der Waals surface area contributed by atoms with Gasteiger partial charge in [0.2, 0.25) is 5.91 Å². The van der Waals surface area contributed by atoms with Gasteiger partial charge in [0.25, 0.3) is 0 Å². The molecule has 0 bridgehead atoms. The lowest BCUT2D eigenvalue weighted by molar-refractivity contribution is -0.120. The van der Waals surface area contributed by atoms with Crippen molar-refractivity contribution in [1.29, 1.82) is 0 Å². The third kappa shape index (κ3) is 7.85. The van der Waals surface area contributed by atoms with Crippen LogP contribution in [0.4, 0.5) is 0 Å². The number of carbonyl (C=O) groups is 1. The molecule has 0 aliphatic carbocycles. The highest BCUT2D eigenvalue weighted by molar-refractivity contribution is 6.30. The zero-order valence-corrected chi connectivity index (χ0v) is 19.9. The van der Waals surface area contributed by atoms with Crippen LogP contribution >= 0.6 is 11.6 Å². The zero-order chi connectivity index (χ0) is 24.5. The fourth-order valence-electron chi connectivity index (χ4n) is 3.64. The smallest absolute Gasteiger partial charge is 0.224 e. The van der Waals surface area contributed by atoms with Crippen LogP contribution in [-0.2, 0) is 30.8 Å². The Labute approximate surface area is 205 Å². The van der Waals surface area contributed by atoms with Gasteiger partial charge in [0.05, 0.1) is 19.1 Å². The lowest BCUT2D eigenvalue weighted by atomic mass is 10.0. The number of aliphatic hydroxyl groups is 2. The minimum Gasteiger partial charge on any atom is -0.508 e. The maximum atomic E-state index is 12.2. The van der Waals surface area contributed by atoms with E-state index in [0.29, 0.717) is 35.7 Å². The van der Waals surface area contributed by atoms with Crippen molar-refractivity contribution in [2.45, 2.75) is 45.1 Å². The second-order valence-corrected chi connectivity index (χ2v) is 8.91. The van der Waals surface area contributed by atoms with Gasteiger partial charge in [0.15, 0.2) is 0 Å². The fourth-order valence-corrected chi connectivity index (χ4v) is 3.77. The molecule has 0 fully saturated rings. The number of aromatic hydroxyl groups is 1. The van der Waals surface area contributed by atoms with Gasteiger partial charge >= 0.3 is 0 Å². The monoisotopic (exact) mass is 482 g/mol. The van der Waals surface area contributed by atoms with Crippen molar-refractivity contribution in [1.82, 2.24) is 10.6 Å². The van der Waals surface area contributed by atoms with Gasteiger partial charge in [0.1, 0.15) is 5.75 Å². The fraction of sp³-hybridized carbons (Fsp3) is 0.296. The van der Waals surface area contributed by atoms with Crippen molar-refractivity contribution in [3.05, 3.63) is 99.6 Å². The summed E-state index contributed by atoms with van der Waals surface area (Å²) in [7, 11) is 0. The number of rotatable bonds is 11. The minimum absolute atomic E-state index is 0.0160. The summed E-state index contributed by atoms with van der Waals surface area (Å²) in [6.45, 7) is 2.58. The van der Waals surface area contributed by atoms with E-state index in [4.69, 9.17) is 11.6 Å². The number of hydrogen-bond acceptors (Lipinski definition) is 5. The van der Waals surface area contributed by atoms with E-state index < -0.39 is 6.10 Å². The van der Waals surface area contributed by atoms with Crippen molar-refractivity contribution in [2.24, 2.45) is 0 Å². The molecule has 0 aliphatic heterocycles. The molecule has 5 N–H and O–H groups in total. The number of carbonyl (C=O) groups excluding carboxylic acids is 1. The highest BCUT2D eigenvalue weighted by Gasteiger charge is 2.12. The maximum absolute atomic E-state index is 12.2. The van der Waals surface area contributed by atoms with Crippen LogP contribution in [0, 0.1) is 0 Å². The Bertz CT molecular complexity index is 1070. The van der Waals surface area contributed by atoms with E-state index in [0.717, 1.165) is 23.1 Å². The number of nitrogens with one attached hydrogen (secondary N) is 2. The molecular weight excluding hydrogens is 452 g/mol. The van der Waals surface area contributed by atoms with E-state index in [1.807, 2.05) is 43.3 Å². The first-order chi connectivity index (χ1) is 16.3. The number of phenols is 1. The van der Waals surface area contributed by atoms with Crippen LogP contribution in [0.25, 0.3) is 0 Å². The Balaban J connectivity index is 1.42. The minimum atomic E-state index is -0.748. The molecule has 0 spiro atoms. The van der Waals surface area contributed by atoms with Crippen LogP contribution in [-0.4, -0.2) is 33.8 Å². The molecule has 0 saturated carbocycles. The van der Waals surface area contributed by atoms with E-state index in [9.17, 15) is 20.1 Å². The Morgan fingerprint density at radius 2 is 1.62 bits per heavy atom. The Morgan fingerprint density at radius 3 is 2.29 bits per heavy atom. The van der Waals surface area contributed by atoms with Crippen molar-refractivity contribution < 1.29 is 20.1 Å². The standard InChI is InChI=1S/C27H31ClN2O4/c1-18(29-16-26(33)22-8-11-25(32)23(14-22)17-31)12-19-2-4-20(5-3-19)13-27(34)30-15-21-6-9-24(28)10-7-21/h2-11,14,18,26,29,31-33H,12-13,15-17H2,1H3,(H,30,34)/t18-,26-/m1/s1. The highest BCUT2D eigenvalue weighted by Crippen LogP contribution is 2.22. The molecule has 0 unspecified atom stereocenters. The van der Waals surface area contributed by atoms with Gasteiger partial charge in [-0.3, -0.25) is 4.79 Å². The van der Waals surface area contributed by atoms with E-state index >= 15 is 0 Å². The Morgan fingerprint density at radius 1 is 0.971 bits per heavy atom. The molecule has 0 aliphatic rings. The third-order valence-electron chi connectivity index (χ3n) is 5.65. The second-order valence-electron chi connectivity index (χ2n) is 8.47. The average molecular weight is 483 g/mol. The SMILES string of the molecule is C[C@H](Cc1ccc(CC(=O)NCc2ccc(Cl)cc2)cc1)NC[C@@H](O)c1ccc(O)c(CO)c1. The van der Waals surface area contributed by atoms with E-state index in [2.05, 4.69) is 10.6 Å². The molecule has 0 aromatic heterocycles. The van der Waals surface area contributed by atoms with Crippen molar-refractivity contribution in [3.63, 3.8) is 0 Å². The van der Waals surface area contributed by atoms with Crippen LogP contribution in [0.3, 0.4) is 0 Å². The van der Waals surface area contributed by atoms with Crippen molar-refractivity contribution in [2.75, 3.05) is 6.54 Å². The molecule has 6 nitrogen and oxygen atoms in total. The topological polar surface area (TPSA) is 102 Å². The van der Waals surface area contributed by atoms with E-state index in [1.54, 1.807) is 24.3 Å². The number of benzene rings is 3. The van der Waals surface area contributed by atoms with Gasteiger partial charge in [-0.15, -0.1) is 0 Å². The molecule has 1 amide bonds. The molecule has 2 atom stereocenters. The summed E-state index contributed by atoms with van der Waals surface area (Å²) in [5.41, 5.74) is 4.11. The maximum Gasteiger partial charge on any atom is 0.224 e. The predicted molar refractivity (Wildman–Crippen MR) is 134 cm³/mol. The first kappa shape index (κ1) is 25.7. The van der Waals surface area contributed by atoms with Crippen molar-refractivity contribution in [3.8, 4) is 5.75 Å². The molecule has 3 rings (SSSR count). The summed E-state index contributed by atoms with van der Waals surface area (Å²) in [6.07, 6.45) is 0.339. The number of hydrogen-bond donors (Lipinski definition) is 5. The van der Waals surface area contributed by atoms with Gasteiger partial charge in [0, 0.05) is 29.7 Å². The first-order valence-corrected chi connectivity index (χ1v) is 11.6. The summed E-state index contributed by atoms with van der Waals surface area (Å²) < 4.78 is 0.